The van der Waals surface area contributed by atoms with Gasteiger partial charge in [-0.25, -0.2) is 9.97 Å². The molecule has 0 bridgehead atoms. The molecule has 2 aliphatic heterocycles. The van der Waals surface area contributed by atoms with Gasteiger partial charge in [0.2, 0.25) is 0 Å². The highest BCUT2D eigenvalue weighted by Crippen LogP contribution is 2.36. The molecule has 2 aromatic heterocycles. The summed E-state index contributed by atoms with van der Waals surface area (Å²) in [6, 6.07) is 2.71. The van der Waals surface area contributed by atoms with E-state index in [1.807, 2.05) is 6.07 Å². The van der Waals surface area contributed by atoms with E-state index in [1.54, 1.807) is 19.5 Å². The number of rotatable bonds is 3. The molecule has 134 valence electrons. The minimum Gasteiger partial charge on any atom is -0.495 e. The van der Waals surface area contributed by atoms with Crippen LogP contribution in [0.4, 0.5) is 5.69 Å². The van der Waals surface area contributed by atoms with Crippen molar-refractivity contribution in [1.29, 1.82) is 0 Å². The molecule has 2 aromatic rings. The van der Waals surface area contributed by atoms with E-state index < -0.39 is 0 Å². The zero-order valence-electron chi connectivity index (χ0n) is 14.7. The molecule has 0 N–H and O–H groups in total. The fourth-order valence-corrected chi connectivity index (χ4v) is 4.46. The molecule has 2 fully saturated rings. The summed E-state index contributed by atoms with van der Waals surface area (Å²) in [5.41, 5.74) is 1.77. The van der Waals surface area contributed by atoms with Crippen molar-refractivity contribution < 1.29 is 4.74 Å². The molecule has 0 aliphatic carbocycles. The molecule has 0 radical (unpaired) electrons. The number of halogens is 1. The van der Waals surface area contributed by atoms with Gasteiger partial charge in [-0.15, -0.1) is 0 Å². The predicted octanol–water partition coefficient (Wildman–Crippen LogP) is 3.75. The molecule has 0 saturated carbocycles. The van der Waals surface area contributed by atoms with Gasteiger partial charge >= 0.3 is 0 Å². The summed E-state index contributed by atoms with van der Waals surface area (Å²) in [4.78, 5) is 13.9. The van der Waals surface area contributed by atoms with Crippen molar-refractivity contribution in [3.63, 3.8) is 0 Å². The number of piperidine rings is 2. The van der Waals surface area contributed by atoms with Gasteiger partial charge in [-0.2, -0.15) is 0 Å². The monoisotopic (exact) mass is 360 g/mol. The normalized spacial score (nSPS) is 20.2. The number of fused-ring (bicyclic) bond motifs is 1. The van der Waals surface area contributed by atoms with E-state index in [0.29, 0.717) is 5.02 Å². The van der Waals surface area contributed by atoms with E-state index in [1.165, 1.54) is 45.2 Å². The standard InChI is InChI=1S/C19H25ClN4O/c1-25-15-11-16-18(17(20)13-22-19(16)21-12-15)24-9-5-14(6-10-24)23-7-3-2-4-8-23/h11-14H,2-10H2,1H3. The smallest absolute Gasteiger partial charge is 0.161 e. The van der Waals surface area contributed by atoms with Crippen LogP contribution in [0.5, 0.6) is 5.75 Å². The predicted molar refractivity (Wildman–Crippen MR) is 102 cm³/mol. The van der Waals surface area contributed by atoms with Crippen LogP contribution in [-0.2, 0) is 0 Å². The first-order chi connectivity index (χ1) is 12.3. The van der Waals surface area contributed by atoms with Gasteiger partial charge in [0.25, 0.3) is 0 Å². The second-order valence-electron chi connectivity index (χ2n) is 7.02. The zero-order valence-corrected chi connectivity index (χ0v) is 15.5. The van der Waals surface area contributed by atoms with Gasteiger partial charge < -0.3 is 14.5 Å². The van der Waals surface area contributed by atoms with Crippen molar-refractivity contribution in [2.75, 3.05) is 38.2 Å². The minimum atomic E-state index is 0.693. The van der Waals surface area contributed by atoms with Crippen molar-refractivity contribution in [3.8, 4) is 5.75 Å². The molecule has 2 aliphatic rings. The summed E-state index contributed by atoms with van der Waals surface area (Å²) in [5, 5.41) is 1.67. The lowest BCUT2D eigenvalue weighted by atomic mass is 9.99. The number of nitrogens with zero attached hydrogens (tertiary/aromatic N) is 4. The van der Waals surface area contributed by atoms with Crippen LogP contribution < -0.4 is 9.64 Å². The largest absolute Gasteiger partial charge is 0.495 e. The molecule has 0 unspecified atom stereocenters. The van der Waals surface area contributed by atoms with Crippen molar-refractivity contribution in [2.45, 2.75) is 38.1 Å². The highest BCUT2D eigenvalue weighted by molar-refractivity contribution is 6.34. The van der Waals surface area contributed by atoms with E-state index in [-0.39, 0.29) is 0 Å². The molecule has 2 saturated heterocycles. The van der Waals surface area contributed by atoms with E-state index in [4.69, 9.17) is 16.3 Å². The van der Waals surface area contributed by atoms with Crippen LogP contribution in [0.2, 0.25) is 5.02 Å². The second-order valence-corrected chi connectivity index (χ2v) is 7.42. The molecule has 5 nitrogen and oxygen atoms in total. The number of ether oxygens (including phenoxy) is 1. The van der Waals surface area contributed by atoms with Crippen molar-refractivity contribution in [1.82, 2.24) is 14.9 Å². The Hall–Kier alpha value is -1.59. The Bertz CT molecular complexity index is 740. The first-order valence-electron chi connectivity index (χ1n) is 9.23. The van der Waals surface area contributed by atoms with Gasteiger partial charge in [-0.1, -0.05) is 18.0 Å². The third kappa shape index (κ3) is 3.40. The maximum Gasteiger partial charge on any atom is 0.161 e. The fourth-order valence-electron chi connectivity index (χ4n) is 4.19. The molecule has 4 heterocycles. The lowest BCUT2D eigenvalue weighted by molar-refractivity contribution is 0.141. The lowest BCUT2D eigenvalue weighted by Gasteiger charge is -2.41. The van der Waals surface area contributed by atoms with Crippen LogP contribution in [0.3, 0.4) is 0 Å². The van der Waals surface area contributed by atoms with Gasteiger partial charge in [0, 0.05) is 24.5 Å². The highest BCUT2D eigenvalue weighted by Gasteiger charge is 2.27. The average molecular weight is 361 g/mol. The second kappa shape index (κ2) is 7.34. The van der Waals surface area contributed by atoms with E-state index in [0.717, 1.165) is 41.6 Å². The molecule has 0 spiro atoms. The summed E-state index contributed by atoms with van der Waals surface area (Å²) in [7, 11) is 1.66. The highest BCUT2D eigenvalue weighted by atomic mass is 35.5. The van der Waals surface area contributed by atoms with Gasteiger partial charge in [0.1, 0.15) is 5.75 Å². The van der Waals surface area contributed by atoms with Gasteiger partial charge in [-0.3, -0.25) is 0 Å². The summed E-state index contributed by atoms with van der Waals surface area (Å²) in [6.45, 7) is 4.59. The number of aromatic nitrogens is 2. The van der Waals surface area contributed by atoms with Crippen LogP contribution in [0.1, 0.15) is 32.1 Å². The van der Waals surface area contributed by atoms with Crippen LogP contribution in [0.15, 0.2) is 18.5 Å². The summed E-state index contributed by atoms with van der Waals surface area (Å²) < 4.78 is 5.34. The Morgan fingerprint density at radius 2 is 1.76 bits per heavy atom. The Kier molecular flexibility index (Phi) is 4.95. The lowest BCUT2D eigenvalue weighted by Crippen LogP contribution is -2.46. The third-order valence-corrected chi connectivity index (χ3v) is 5.82. The maximum atomic E-state index is 6.53. The third-order valence-electron chi connectivity index (χ3n) is 5.55. The van der Waals surface area contributed by atoms with Crippen molar-refractivity contribution in [2.24, 2.45) is 0 Å². The topological polar surface area (TPSA) is 41.5 Å². The molecule has 25 heavy (non-hydrogen) atoms. The van der Waals surface area contributed by atoms with Crippen molar-refractivity contribution in [3.05, 3.63) is 23.5 Å². The number of hydrogen-bond acceptors (Lipinski definition) is 5. The first kappa shape index (κ1) is 16.9. The first-order valence-corrected chi connectivity index (χ1v) is 9.61. The number of pyridine rings is 2. The average Bonchev–Trinajstić information content (AvgIpc) is 2.68. The van der Waals surface area contributed by atoms with Crippen molar-refractivity contribution >= 4 is 28.3 Å². The van der Waals surface area contributed by atoms with Crippen LogP contribution in [0, 0.1) is 0 Å². The van der Waals surface area contributed by atoms with E-state index in [9.17, 15) is 0 Å². The molecule has 6 heteroatoms. The van der Waals surface area contributed by atoms with Gasteiger partial charge in [0.15, 0.2) is 5.65 Å². The Labute approximate surface area is 153 Å². The SMILES string of the molecule is COc1cnc2ncc(Cl)c(N3CCC(N4CCCCC4)CC3)c2c1. The molecule has 0 atom stereocenters. The minimum absolute atomic E-state index is 0.693. The number of likely N-dealkylation sites (tertiary alicyclic amines) is 1. The van der Waals surface area contributed by atoms with E-state index in [2.05, 4.69) is 19.8 Å². The Balaban J connectivity index is 1.57. The number of hydrogen-bond donors (Lipinski definition) is 0. The van der Waals surface area contributed by atoms with Crippen LogP contribution in [0.25, 0.3) is 11.0 Å². The summed E-state index contributed by atoms with van der Waals surface area (Å²) in [6.07, 6.45) is 9.90. The quantitative estimate of drug-likeness (QED) is 0.833. The number of methoxy groups -OCH3 is 1. The molecular weight excluding hydrogens is 336 g/mol. The van der Waals surface area contributed by atoms with Crippen LogP contribution >= 0.6 is 11.6 Å². The Morgan fingerprint density at radius 1 is 1.04 bits per heavy atom. The maximum absolute atomic E-state index is 6.53. The number of anilines is 1. The summed E-state index contributed by atoms with van der Waals surface area (Å²) >= 11 is 6.53. The molecular formula is C19H25ClN4O. The molecule has 0 amide bonds. The zero-order chi connectivity index (χ0) is 17.2. The van der Waals surface area contributed by atoms with Crippen LogP contribution in [-0.4, -0.2) is 54.2 Å². The fraction of sp³-hybridized carbons (Fsp3) is 0.579. The van der Waals surface area contributed by atoms with E-state index >= 15 is 0 Å². The van der Waals surface area contributed by atoms with Gasteiger partial charge in [0.05, 0.1) is 30.2 Å². The Morgan fingerprint density at radius 3 is 2.48 bits per heavy atom. The van der Waals surface area contributed by atoms with Gasteiger partial charge in [-0.05, 0) is 44.8 Å². The molecule has 0 aromatic carbocycles. The molecule has 4 rings (SSSR count). The summed E-state index contributed by atoms with van der Waals surface area (Å²) in [5.74, 6) is 0.737.